The Morgan fingerprint density at radius 2 is 1.87 bits per heavy atom. The van der Waals surface area contributed by atoms with E-state index in [1.807, 2.05) is 24.3 Å². The number of nitrogens with zero attached hydrogens (tertiary/aromatic N) is 1. The van der Waals surface area contributed by atoms with Crippen LogP contribution in [0.1, 0.15) is 22.8 Å². The quantitative estimate of drug-likeness (QED) is 0.513. The highest BCUT2D eigenvalue weighted by Gasteiger charge is 2.49. The van der Waals surface area contributed by atoms with Crippen LogP contribution in [0.5, 0.6) is 11.5 Å². The summed E-state index contributed by atoms with van der Waals surface area (Å²) >= 11 is 0. The standard InChI is InChI=1S/C22H19N3O5/c1-22(13-6-7-18-19(10-13)30-9-8-29-18)20(27)25(21(28)24-22)12-17(26)15-11-23-16-5-3-2-4-14(15)16/h2-7,10-11,23H,8-9,12H2,1H3,(H,24,28). The summed E-state index contributed by atoms with van der Waals surface area (Å²) in [5.41, 5.74) is 0.526. The van der Waals surface area contributed by atoms with Gasteiger partial charge in [-0.2, -0.15) is 0 Å². The zero-order chi connectivity index (χ0) is 20.9. The lowest BCUT2D eigenvalue weighted by Crippen LogP contribution is -2.41. The summed E-state index contributed by atoms with van der Waals surface area (Å²) in [4.78, 5) is 42.7. The minimum Gasteiger partial charge on any atom is -0.486 e. The van der Waals surface area contributed by atoms with Crippen molar-refractivity contribution in [2.24, 2.45) is 0 Å². The number of hydrogen-bond donors (Lipinski definition) is 2. The van der Waals surface area contributed by atoms with E-state index in [0.717, 1.165) is 15.8 Å². The normalized spacial score (nSPS) is 20.5. The van der Waals surface area contributed by atoms with Crippen LogP contribution < -0.4 is 14.8 Å². The van der Waals surface area contributed by atoms with Gasteiger partial charge in [-0.15, -0.1) is 0 Å². The Labute approximate surface area is 171 Å². The Balaban J connectivity index is 1.42. The number of para-hydroxylation sites is 1. The first-order valence-electron chi connectivity index (χ1n) is 9.61. The molecule has 0 radical (unpaired) electrons. The van der Waals surface area contributed by atoms with Gasteiger partial charge in [0.05, 0.1) is 6.54 Å². The van der Waals surface area contributed by atoms with Crippen LogP contribution in [0.15, 0.2) is 48.7 Å². The zero-order valence-corrected chi connectivity index (χ0v) is 16.2. The molecule has 0 aliphatic carbocycles. The van der Waals surface area contributed by atoms with Crippen molar-refractivity contribution >= 4 is 28.6 Å². The molecule has 0 bridgehead atoms. The molecule has 0 spiro atoms. The van der Waals surface area contributed by atoms with Crippen molar-refractivity contribution in [3.63, 3.8) is 0 Å². The summed E-state index contributed by atoms with van der Waals surface area (Å²) in [6.45, 7) is 2.16. The highest BCUT2D eigenvalue weighted by atomic mass is 16.6. The van der Waals surface area contributed by atoms with Crippen molar-refractivity contribution in [3.8, 4) is 11.5 Å². The summed E-state index contributed by atoms with van der Waals surface area (Å²) in [6.07, 6.45) is 1.60. The molecule has 5 rings (SSSR count). The molecule has 3 heterocycles. The van der Waals surface area contributed by atoms with Gasteiger partial charge in [0.2, 0.25) is 0 Å². The van der Waals surface area contributed by atoms with E-state index in [9.17, 15) is 14.4 Å². The molecule has 3 amide bonds. The van der Waals surface area contributed by atoms with Gasteiger partial charge in [0.15, 0.2) is 17.3 Å². The number of benzene rings is 2. The summed E-state index contributed by atoms with van der Waals surface area (Å²) in [6, 6.07) is 11.9. The van der Waals surface area contributed by atoms with Gasteiger partial charge >= 0.3 is 6.03 Å². The predicted octanol–water partition coefficient (Wildman–Crippen LogP) is 2.59. The monoisotopic (exact) mass is 405 g/mol. The second kappa shape index (κ2) is 6.62. The largest absolute Gasteiger partial charge is 0.486 e. The first kappa shape index (κ1) is 18.2. The summed E-state index contributed by atoms with van der Waals surface area (Å²) in [7, 11) is 0. The van der Waals surface area contributed by atoms with E-state index in [1.54, 1.807) is 31.3 Å². The van der Waals surface area contributed by atoms with Crippen LogP contribution >= 0.6 is 0 Å². The number of H-pyrrole nitrogens is 1. The number of imide groups is 1. The van der Waals surface area contributed by atoms with Crippen LogP contribution in [-0.2, 0) is 10.3 Å². The van der Waals surface area contributed by atoms with E-state index in [2.05, 4.69) is 10.3 Å². The van der Waals surface area contributed by atoms with Gasteiger partial charge < -0.3 is 19.8 Å². The molecule has 2 aliphatic rings. The second-order valence-electron chi connectivity index (χ2n) is 7.48. The Morgan fingerprint density at radius 3 is 2.70 bits per heavy atom. The average Bonchev–Trinajstić information content (AvgIpc) is 3.28. The van der Waals surface area contributed by atoms with Gasteiger partial charge in [0.1, 0.15) is 18.8 Å². The molecular weight excluding hydrogens is 386 g/mol. The van der Waals surface area contributed by atoms with E-state index < -0.39 is 17.5 Å². The van der Waals surface area contributed by atoms with Crippen molar-refractivity contribution < 1.29 is 23.9 Å². The fourth-order valence-electron chi connectivity index (χ4n) is 3.92. The van der Waals surface area contributed by atoms with Crippen LogP contribution in [0, 0.1) is 0 Å². The molecule has 1 saturated heterocycles. The number of carbonyl (C=O) groups is 3. The van der Waals surface area contributed by atoms with E-state index in [0.29, 0.717) is 35.8 Å². The van der Waals surface area contributed by atoms with Crippen LogP contribution in [0.3, 0.4) is 0 Å². The first-order valence-corrected chi connectivity index (χ1v) is 9.61. The average molecular weight is 405 g/mol. The molecule has 30 heavy (non-hydrogen) atoms. The van der Waals surface area contributed by atoms with Gasteiger partial charge in [-0.05, 0) is 30.7 Å². The SMILES string of the molecule is CC1(c2ccc3c(c2)OCCO3)NC(=O)N(CC(=O)c2c[nH]c3ccccc23)C1=O. The smallest absolute Gasteiger partial charge is 0.325 e. The molecule has 1 unspecified atom stereocenters. The summed E-state index contributed by atoms with van der Waals surface area (Å²) in [5, 5.41) is 3.48. The maximum atomic E-state index is 13.2. The van der Waals surface area contributed by atoms with Crippen molar-refractivity contribution in [2.45, 2.75) is 12.5 Å². The van der Waals surface area contributed by atoms with Gasteiger partial charge in [-0.25, -0.2) is 4.79 Å². The van der Waals surface area contributed by atoms with Crippen molar-refractivity contribution in [2.75, 3.05) is 19.8 Å². The lowest BCUT2D eigenvalue weighted by Gasteiger charge is -2.25. The molecule has 0 saturated carbocycles. The fraction of sp³-hybridized carbons (Fsp3) is 0.227. The Bertz CT molecular complexity index is 1200. The van der Waals surface area contributed by atoms with Crippen LogP contribution in [0.2, 0.25) is 0 Å². The highest BCUT2D eigenvalue weighted by molar-refractivity contribution is 6.14. The topological polar surface area (TPSA) is 101 Å². The number of urea groups is 1. The molecule has 8 heteroatoms. The van der Waals surface area contributed by atoms with Crippen molar-refractivity contribution in [3.05, 3.63) is 59.8 Å². The lowest BCUT2D eigenvalue weighted by molar-refractivity contribution is -0.130. The maximum Gasteiger partial charge on any atom is 0.325 e. The Morgan fingerprint density at radius 1 is 1.10 bits per heavy atom. The van der Waals surface area contributed by atoms with E-state index in [4.69, 9.17) is 9.47 Å². The predicted molar refractivity (Wildman–Crippen MR) is 108 cm³/mol. The van der Waals surface area contributed by atoms with Gasteiger partial charge in [0, 0.05) is 22.7 Å². The number of aromatic amines is 1. The molecule has 2 N–H and O–H groups in total. The molecule has 1 atom stereocenters. The third-order valence-electron chi connectivity index (χ3n) is 5.59. The van der Waals surface area contributed by atoms with E-state index in [1.165, 1.54) is 0 Å². The number of nitrogens with one attached hydrogen (secondary N) is 2. The molecule has 152 valence electrons. The third kappa shape index (κ3) is 2.72. The summed E-state index contributed by atoms with van der Waals surface area (Å²) in [5.74, 6) is 0.312. The zero-order valence-electron chi connectivity index (χ0n) is 16.2. The van der Waals surface area contributed by atoms with Crippen LogP contribution in [0.4, 0.5) is 4.79 Å². The minimum absolute atomic E-state index is 0.317. The highest BCUT2D eigenvalue weighted by Crippen LogP contribution is 2.37. The molecule has 2 aromatic carbocycles. The van der Waals surface area contributed by atoms with Crippen LogP contribution in [0.25, 0.3) is 10.9 Å². The van der Waals surface area contributed by atoms with E-state index >= 15 is 0 Å². The molecule has 1 aromatic heterocycles. The van der Waals surface area contributed by atoms with E-state index in [-0.39, 0.29) is 12.3 Å². The number of rotatable bonds is 4. The second-order valence-corrected chi connectivity index (χ2v) is 7.48. The number of carbonyl (C=O) groups excluding carboxylic acids is 3. The van der Waals surface area contributed by atoms with Gasteiger partial charge in [-0.1, -0.05) is 24.3 Å². The van der Waals surface area contributed by atoms with Gasteiger partial charge in [0.25, 0.3) is 5.91 Å². The molecular formula is C22H19N3O5. The van der Waals surface area contributed by atoms with Gasteiger partial charge in [-0.3, -0.25) is 14.5 Å². The number of fused-ring (bicyclic) bond motifs is 2. The molecule has 8 nitrogen and oxygen atoms in total. The number of ether oxygens (including phenoxy) is 2. The number of amides is 3. The van der Waals surface area contributed by atoms with Crippen molar-refractivity contribution in [1.82, 2.24) is 15.2 Å². The number of ketones is 1. The minimum atomic E-state index is -1.30. The number of hydrogen-bond acceptors (Lipinski definition) is 5. The lowest BCUT2D eigenvalue weighted by atomic mass is 9.91. The number of Topliss-reactive ketones (excluding diaryl/α,β-unsaturated/α-hetero) is 1. The third-order valence-corrected chi connectivity index (χ3v) is 5.59. The summed E-state index contributed by atoms with van der Waals surface area (Å²) < 4.78 is 11.1. The fourth-order valence-corrected chi connectivity index (χ4v) is 3.92. The maximum absolute atomic E-state index is 13.2. The van der Waals surface area contributed by atoms with Crippen LogP contribution in [-0.4, -0.2) is 47.4 Å². The molecule has 1 fully saturated rings. The Hall–Kier alpha value is -3.81. The molecule has 3 aromatic rings. The van der Waals surface area contributed by atoms with Crippen molar-refractivity contribution in [1.29, 1.82) is 0 Å². The Kier molecular flexibility index (Phi) is 4.02. The first-order chi connectivity index (χ1) is 14.5. The molecule has 2 aliphatic heterocycles. The number of aromatic nitrogens is 1.